The van der Waals surface area contributed by atoms with Crippen molar-refractivity contribution in [3.05, 3.63) is 35.9 Å². The first-order valence-electron chi connectivity index (χ1n) is 7.41. The standard InChI is InChI=1S/C15H22N2O3S/c18-15(16-12-11-13-7-3-1-4-8-13)17-21(19,20)14-9-5-2-6-10-14/h1,3-4,7-8,14H,2,5-6,9-12H2,(H2,16,17,18). The van der Waals surface area contributed by atoms with Crippen molar-refractivity contribution in [2.24, 2.45) is 0 Å². The average Bonchev–Trinajstić information content (AvgIpc) is 2.49. The van der Waals surface area contributed by atoms with Crippen molar-refractivity contribution in [1.82, 2.24) is 10.0 Å². The Morgan fingerprint density at radius 3 is 2.43 bits per heavy atom. The molecule has 0 bridgehead atoms. The smallest absolute Gasteiger partial charge is 0.328 e. The van der Waals surface area contributed by atoms with E-state index in [1.54, 1.807) is 0 Å². The Labute approximate surface area is 126 Å². The van der Waals surface area contributed by atoms with Crippen LogP contribution in [0.4, 0.5) is 4.79 Å². The third kappa shape index (κ3) is 5.04. The first-order chi connectivity index (χ1) is 10.1. The van der Waals surface area contributed by atoms with Crippen LogP contribution in [-0.4, -0.2) is 26.2 Å². The number of sulfonamides is 1. The highest BCUT2D eigenvalue weighted by atomic mass is 32.2. The van der Waals surface area contributed by atoms with Gasteiger partial charge in [-0.05, 0) is 24.8 Å². The molecule has 1 fully saturated rings. The lowest BCUT2D eigenvalue weighted by Gasteiger charge is -2.21. The van der Waals surface area contributed by atoms with Gasteiger partial charge in [0.15, 0.2) is 0 Å². The van der Waals surface area contributed by atoms with Gasteiger partial charge in [0.05, 0.1) is 5.25 Å². The van der Waals surface area contributed by atoms with Crippen molar-refractivity contribution in [2.75, 3.05) is 6.54 Å². The number of rotatable bonds is 5. The molecule has 1 aliphatic rings. The summed E-state index contributed by atoms with van der Waals surface area (Å²) in [6.07, 6.45) is 4.88. The fraction of sp³-hybridized carbons (Fsp3) is 0.533. The van der Waals surface area contributed by atoms with Crippen LogP contribution in [0.3, 0.4) is 0 Å². The highest BCUT2D eigenvalue weighted by molar-refractivity contribution is 7.90. The van der Waals surface area contributed by atoms with Gasteiger partial charge in [-0.1, -0.05) is 49.6 Å². The summed E-state index contributed by atoms with van der Waals surface area (Å²) < 4.78 is 26.2. The number of hydrogen-bond donors (Lipinski definition) is 2. The molecule has 2 amide bonds. The lowest BCUT2D eigenvalue weighted by atomic mass is 10.0. The second kappa shape index (κ2) is 7.45. The van der Waals surface area contributed by atoms with Crippen LogP contribution in [-0.2, 0) is 16.4 Å². The number of amides is 2. The summed E-state index contributed by atoms with van der Waals surface area (Å²) in [5.41, 5.74) is 1.10. The predicted octanol–water partition coefficient (Wildman–Crippen LogP) is 2.19. The third-order valence-corrected chi connectivity index (χ3v) is 5.59. The normalized spacial score (nSPS) is 16.4. The van der Waals surface area contributed by atoms with Crippen molar-refractivity contribution in [3.63, 3.8) is 0 Å². The summed E-state index contributed by atoms with van der Waals surface area (Å²) in [5.74, 6) is 0. The number of carbonyl (C=O) groups excluding carboxylic acids is 1. The molecule has 2 rings (SSSR count). The van der Waals surface area contributed by atoms with Gasteiger partial charge < -0.3 is 5.32 Å². The van der Waals surface area contributed by atoms with Gasteiger partial charge in [0, 0.05) is 6.54 Å². The number of hydrogen-bond acceptors (Lipinski definition) is 3. The molecule has 0 atom stereocenters. The molecule has 0 radical (unpaired) electrons. The predicted molar refractivity (Wildman–Crippen MR) is 82.5 cm³/mol. The molecule has 1 aromatic rings. The lowest BCUT2D eigenvalue weighted by molar-refractivity contribution is 0.245. The number of urea groups is 1. The van der Waals surface area contributed by atoms with Gasteiger partial charge in [-0.2, -0.15) is 0 Å². The molecule has 2 N–H and O–H groups in total. The molecule has 0 heterocycles. The molecule has 1 saturated carbocycles. The summed E-state index contributed by atoms with van der Waals surface area (Å²) in [7, 11) is -3.54. The molecule has 0 aromatic heterocycles. The van der Waals surface area contributed by atoms with Gasteiger partial charge >= 0.3 is 6.03 Å². The number of benzene rings is 1. The Balaban J connectivity index is 1.76. The van der Waals surface area contributed by atoms with Crippen molar-refractivity contribution in [1.29, 1.82) is 0 Å². The van der Waals surface area contributed by atoms with Crippen molar-refractivity contribution in [3.8, 4) is 0 Å². The molecule has 21 heavy (non-hydrogen) atoms. The zero-order chi connectivity index (χ0) is 15.1. The molecule has 116 valence electrons. The van der Waals surface area contributed by atoms with Gasteiger partial charge in [-0.25, -0.2) is 17.9 Å². The number of nitrogens with one attached hydrogen (secondary N) is 2. The van der Waals surface area contributed by atoms with Gasteiger partial charge in [0.1, 0.15) is 0 Å². The third-order valence-electron chi connectivity index (χ3n) is 3.77. The van der Waals surface area contributed by atoms with E-state index in [1.165, 1.54) is 0 Å². The molecule has 0 unspecified atom stereocenters. The fourth-order valence-corrected chi connectivity index (χ4v) is 4.04. The van der Waals surface area contributed by atoms with Crippen LogP contribution < -0.4 is 10.0 Å². The Hall–Kier alpha value is -1.56. The van der Waals surface area contributed by atoms with E-state index in [1.807, 2.05) is 30.3 Å². The largest absolute Gasteiger partial charge is 0.337 e. The van der Waals surface area contributed by atoms with Gasteiger partial charge in [0.25, 0.3) is 0 Å². The van der Waals surface area contributed by atoms with Gasteiger partial charge in [0.2, 0.25) is 10.0 Å². The molecular weight excluding hydrogens is 288 g/mol. The second-order valence-corrected chi connectivity index (χ2v) is 7.36. The minimum absolute atomic E-state index is 0.413. The molecule has 0 saturated heterocycles. The molecule has 0 aliphatic heterocycles. The highest BCUT2D eigenvalue weighted by Gasteiger charge is 2.28. The van der Waals surface area contributed by atoms with E-state index in [9.17, 15) is 13.2 Å². The van der Waals surface area contributed by atoms with Crippen molar-refractivity contribution >= 4 is 16.1 Å². The fourth-order valence-electron chi connectivity index (χ4n) is 2.59. The van der Waals surface area contributed by atoms with E-state index in [2.05, 4.69) is 10.0 Å². The van der Waals surface area contributed by atoms with Crippen LogP contribution in [0.1, 0.15) is 37.7 Å². The first kappa shape index (κ1) is 15.8. The maximum Gasteiger partial charge on any atom is 0.328 e. The average molecular weight is 310 g/mol. The molecule has 6 heteroatoms. The van der Waals surface area contributed by atoms with E-state index in [0.29, 0.717) is 25.8 Å². The summed E-state index contributed by atoms with van der Waals surface area (Å²) >= 11 is 0. The zero-order valence-electron chi connectivity index (χ0n) is 12.0. The Morgan fingerprint density at radius 2 is 1.76 bits per heavy atom. The summed E-state index contributed by atoms with van der Waals surface area (Å²) in [6.45, 7) is 0.413. The van der Waals surface area contributed by atoms with Crippen molar-refractivity contribution < 1.29 is 13.2 Å². The van der Waals surface area contributed by atoms with Crippen LogP contribution in [0.15, 0.2) is 30.3 Å². The summed E-state index contributed by atoms with van der Waals surface area (Å²) in [5, 5.41) is 2.17. The van der Waals surface area contributed by atoms with Crippen LogP contribution >= 0.6 is 0 Å². The second-order valence-electron chi connectivity index (χ2n) is 5.40. The summed E-state index contributed by atoms with van der Waals surface area (Å²) in [6, 6.07) is 9.11. The molecule has 5 nitrogen and oxygen atoms in total. The van der Waals surface area contributed by atoms with E-state index in [4.69, 9.17) is 0 Å². The minimum Gasteiger partial charge on any atom is -0.337 e. The molecule has 0 spiro atoms. The van der Waals surface area contributed by atoms with E-state index in [-0.39, 0.29) is 0 Å². The minimum atomic E-state index is -3.54. The van der Waals surface area contributed by atoms with Gasteiger partial charge in [-0.15, -0.1) is 0 Å². The maximum atomic E-state index is 12.1. The summed E-state index contributed by atoms with van der Waals surface area (Å²) in [4.78, 5) is 11.7. The van der Waals surface area contributed by atoms with Gasteiger partial charge in [-0.3, -0.25) is 0 Å². The Bertz CT molecular complexity index is 552. The topological polar surface area (TPSA) is 75.3 Å². The molecule has 1 aromatic carbocycles. The monoisotopic (exact) mass is 310 g/mol. The van der Waals surface area contributed by atoms with E-state index >= 15 is 0 Å². The van der Waals surface area contributed by atoms with Crippen LogP contribution in [0.5, 0.6) is 0 Å². The van der Waals surface area contributed by atoms with E-state index < -0.39 is 21.3 Å². The van der Waals surface area contributed by atoms with Crippen molar-refractivity contribution in [2.45, 2.75) is 43.8 Å². The van der Waals surface area contributed by atoms with Crippen LogP contribution in [0, 0.1) is 0 Å². The van der Waals surface area contributed by atoms with Crippen LogP contribution in [0.2, 0.25) is 0 Å². The molecular formula is C15H22N2O3S. The lowest BCUT2D eigenvalue weighted by Crippen LogP contribution is -2.44. The first-order valence-corrected chi connectivity index (χ1v) is 8.96. The van der Waals surface area contributed by atoms with Crippen LogP contribution in [0.25, 0.3) is 0 Å². The van der Waals surface area contributed by atoms with E-state index in [0.717, 1.165) is 24.8 Å². The highest BCUT2D eigenvalue weighted by Crippen LogP contribution is 2.22. The maximum absolute atomic E-state index is 12.1. The quantitative estimate of drug-likeness (QED) is 0.875. The Kier molecular flexibility index (Phi) is 5.61. The zero-order valence-corrected chi connectivity index (χ0v) is 12.9. The molecule has 1 aliphatic carbocycles. The number of carbonyl (C=O) groups is 1. The Morgan fingerprint density at radius 1 is 1.10 bits per heavy atom. The SMILES string of the molecule is O=C(NCCc1ccccc1)NS(=O)(=O)C1CCCCC1.